The molecule has 1 aromatic heterocycles. The van der Waals surface area contributed by atoms with Crippen molar-refractivity contribution >= 4 is 28.5 Å². The molecule has 0 saturated heterocycles. The number of ketones is 1. The van der Waals surface area contributed by atoms with Gasteiger partial charge in [-0.15, -0.1) is 0 Å². The van der Waals surface area contributed by atoms with E-state index in [4.69, 9.17) is 4.74 Å². The Hall–Kier alpha value is -3.65. The van der Waals surface area contributed by atoms with Crippen molar-refractivity contribution in [3.8, 4) is 5.75 Å². The Morgan fingerprint density at radius 2 is 1.84 bits per heavy atom. The van der Waals surface area contributed by atoms with Gasteiger partial charge in [0.15, 0.2) is 0 Å². The van der Waals surface area contributed by atoms with E-state index < -0.39 is 23.8 Å². The number of aromatic nitrogens is 1. The van der Waals surface area contributed by atoms with Crippen LogP contribution in [0, 0.1) is 17.8 Å². The number of amides is 2. The summed E-state index contributed by atoms with van der Waals surface area (Å²) < 4.78 is 5.86. The van der Waals surface area contributed by atoms with Crippen LogP contribution in [0.5, 0.6) is 5.75 Å². The molecule has 5 rings (SSSR count). The highest BCUT2D eigenvalue weighted by Gasteiger charge is 2.36. The number of rotatable bonds is 5. The molecule has 4 N–H and O–H groups in total. The number of hydrogen-bond acceptors (Lipinski definition) is 5. The van der Waals surface area contributed by atoms with E-state index in [-0.39, 0.29) is 24.0 Å². The largest absolute Gasteiger partial charge is 0.494 e. The van der Waals surface area contributed by atoms with Gasteiger partial charge in [-0.3, -0.25) is 19.6 Å². The van der Waals surface area contributed by atoms with Gasteiger partial charge >= 0.3 is 0 Å². The van der Waals surface area contributed by atoms with Gasteiger partial charge in [0.05, 0.1) is 24.3 Å². The molecule has 2 aromatic carbocycles. The maximum absolute atomic E-state index is 13.8. The van der Waals surface area contributed by atoms with Crippen molar-refractivity contribution in [2.45, 2.75) is 58.4 Å². The first kappa shape index (κ1) is 27.4. The third-order valence-electron chi connectivity index (χ3n) is 7.21. The summed E-state index contributed by atoms with van der Waals surface area (Å²) in [6, 6.07) is 16.2. The normalized spacial score (nSPS) is 21.2. The van der Waals surface area contributed by atoms with Gasteiger partial charge in [-0.05, 0) is 55.0 Å². The minimum atomic E-state index is -0.845. The molecule has 202 valence electrons. The number of benzene rings is 2. The average Bonchev–Trinajstić information content (AvgIpc) is 3.35. The summed E-state index contributed by atoms with van der Waals surface area (Å²) in [5.41, 5.74) is 3.90. The van der Waals surface area contributed by atoms with Crippen LogP contribution in [0.25, 0.3) is 10.9 Å². The number of H-pyrrole nitrogens is 1. The maximum Gasteiger partial charge on any atom is 0.247 e. The van der Waals surface area contributed by atoms with E-state index in [1.165, 1.54) is 0 Å². The lowest BCUT2D eigenvalue weighted by molar-refractivity contribution is -0.141. The van der Waals surface area contributed by atoms with Gasteiger partial charge in [0.25, 0.3) is 0 Å². The molecule has 3 atom stereocenters. The van der Waals surface area contributed by atoms with E-state index in [1.54, 1.807) is 11.5 Å². The maximum atomic E-state index is 13.8. The first-order valence-corrected chi connectivity index (χ1v) is 13.4. The minimum Gasteiger partial charge on any atom is -0.494 e. The van der Waals surface area contributed by atoms with Gasteiger partial charge < -0.3 is 15.0 Å². The summed E-state index contributed by atoms with van der Waals surface area (Å²) in [6.45, 7) is 4.53. The predicted octanol–water partition coefficient (Wildman–Crippen LogP) is 4.81. The number of nitrogens with one attached hydrogen (secondary N) is 3. The molecule has 0 aliphatic carbocycles. The standard InChI is InChI=1S/C30H37N3O5/c1-19(2)16-24-23(30(36)33-37)9-4-3-7-15-38-22-13-11-20(12-14-22)17-26(32-29(24)35)28(34)27-18-21-8-5-6-10-25(21)31-27/h5-6,8,10-14,18-19,23-24,26,31,37H,3-4,7,9,15-17H2,1-2H3,(H,32,35)(H,33,36)/t23-,24+,26-/m0/s1. The van der Waals surface area contributed by atoms with Crippen LogP contribution >= 0.6 is 0 Å². The molecule has 0 fully saturated rings. The molecule has 8 heteroatoms. The molecule has 3 heterocycles. The fourth-order valence-corrected chi connectivity index (χ4v) is 5.23. The molecule has 2 aliphatic rings. The lowest BCUT2D eigenvalue weighted by Gasteiger charge is -2.28. The van der Waals surface area contributed by atoms with Gasteiger partial charge in [0.2, 0.25) is 17.6 Å². The SMILES string of the molecule is CC(C)C[C@H]1C(=O)N[C@H](C(=O)c2cc3ccccc3[nH]2)Cc2ccc(cc2)OCCCCC[C@@H]1C(=O)NO. The van der Waals surface area contributed by atoms with Crippen LogP contribution in [0.4, 0.5) is 0 Å². The van der Waals surface area contributed by atoms with Gasteiger partial charge in [0.1, 0.15) is 5.75 Å². The Balaban J connectivity index is 1.69. The Kier molecular flexibility index (Phi) is 9.18. The highest BCUT2D eigenvalue weighted by molar-refractivity contribution is 6.04. The number of fused-ring (bicyclic) bond motifs is 14. The second kappa shape index (κ2) is 12.7. The first-order chi connectivity index (χ1) is 18.4. The van der Waals surface area contributed by atoms with E-state index >= 15 is 0 Å². The van der Waals surface area contributed by atoms with E-state index in [1.807, 2.05) is 62.4 Å². The molecule has 0 saturated carbocycles. The smallest absolute Gasteiger partial charge is 0.247 e. The number of hydroxylamine groups is 1. The van der Waals surface area contributed by atoms with Crippen molar-refractivity contribution in [1.82, 2.24) is 15.8 Å². The molecular weight excluding hydrogens is 482 g/mol. The fourth-order valence-electron chi connectivity index (χ4n) is 5.23. The van der Waals surface area contributed by atoms with Crippen LogP contribution in [0.1, 0.15) is 62.0 Å². The minimum absolute atomic E-state index is 0.133. The highest BCUT2D eigenvalue weighted by atomic mass is 16.5. The molecule has 2 amide bonds. The molecular formula is C30H37N3O5. The topological polar surface area (TPSA) is 121 Å². The predicted molar refractivity (Wildman–Crippen MR) is 145 cm³/mol. The van der Waals surface area contributed by atoms with Crippen LogP contribution in [-0.2, 0) is 16.0 Å². The summed E-state index contributed by atoms with van der Waals surface area (Å²) in [7, 11) is 0. The van der Waals surface area contributed by atoms with Gasteiger partial charge in [-0.2, -0.15) is 0 Å². The van der Waals surface area contributed by atoms with Crippen LogP contribution in [0.3, 0.4) is 0 Å². The van der Waals surface area contributed by atoms with Crippen LogP contribution < -0.4 is 15.5 Å². The Morgan fingerprint density at radius 3 is 2.55 bits per heavy atom. The zero-order valence-electron chi connectivity index (χ0n) is 22.0. The zero-order valence-corrected chi connectivity index (χ0v) is 22.0. The zero-order chi connectivity index (χ0) is 27.1. The van der Waals surface area contributed by atoms with Crippen molar-refractivity contribution in [2.75, 3.05) is 6.61 Å². The molecule has 2 aliphatic heterocycles. The molecule has 3 aromatic rings. The van der Waals surface area contributed by atoms with Crippen molar-refractivity contribution in [2.24, 2.45) is 17.8 Å². The molecule has 38 heavy (non-hydrogen) atoms. The van der Waals surface area contributed by atoms with Crippen molar-refractivity contribution < 1.29 is 24.3 Å². The molecule has 8 nitrogen and oxygen atoms in total. The quantitative estimate of drug-likeness (QED) is 0.219. The second-order valence-corrected chi connectivity index (χ2v) is 10.6. The number of para-hydroxylation sites is 1. The monoisotopic (exact) mass is 519 g/mol. The summed E-state index contributed by atoms with van der Waals surface area (Å²) in [4.78, 5) is 43.5. The van der Waals surface area contributed by atoms with Gasteiger partial charge in [0, 0.05) is 23.2 Å². The fraction of sp³-hybridized carbons (Fsp3) is 0.433. The number of Topliss-reactive ketones (excluding diaryl/α,β-unsaturated/α-hetero) is 1. The lowest BCUT2D eigenvalue weighted by Crippen LogP contribution is -2.48. The third kappa shape index (κ3) is 6.81. The summed E-state index contributed by atoms with van der Waals surface area (Å²) in [5, 5.41) is 13.4. The van der Waals surface area contributed by atoms with Gasteiger partial charge in [-0.1, -0.05) is 57.0 Å². The van der Waals surface area contributed by atoms with E-state index in [2.05, 4.69) is 10.3 Å². The number of aromatic amines is 1. The molecule has 0 unspecified atom stereocenters. The first-order valence-electron chi connectivity index (χ1n) is 13.4. The van der Waals surface area contributed by atoms with Gasteiger partial charge in [-0.25, -0.2) is 5.48 Å². The average molecular weight is 520 g/mol. The van der Waals surface area contributed by atoms with E-state index in [0.29, 0.717) is 31.6 Å². The summed E-state index contributed by atoms with van der Waals surface area (Å²) in [5.74, 6) is -1.68. The van der Waals surface area contributed by atoms with Crippen LogP contribution in [0.15, 0.2) is 54.6 Å². The Morgan fingerprint density at radius 1 is 1.08 bits per heavy atom. The molecule has 2 bridgehead atoms. The number of carbonyl (C=O) groups is 3. The van der Waals surface area contributed by atoms with E-state index in [9.17, 15) is 19.6 Å². The summed E-state index contributed by atoms with van der Waals surface area (Å²) >= 11 is 0. The van der Waals surface area contributed by atoms with Crippen molar-refractivity contribution in [1.29, 1.82) is 0 Å². The number of hydrogen-bond donors (Lipinski definition) is 4. The second-order valence-electron chi connectivity index (χ2n) is 10.6. The highest BCUT2D eigenvalue weighted by Crippen LogP contribution is 2.28. The third-order valence-corrected chi connectivity index (χ3v) is 7.21. The van der Waals surface area contributed by atoms with Crippen molar-refractivity contribution in [3.05, 3.63) is 65.9 Å². The number of carbonyl (C=O) groups excluding carboxylic acids is 3. The molecule has 0 spiro atoms. The summed E-state index contributed by atoms with van der Waals surface area (Å²) in [6.07, 6.45) is 3.54. The molecule has 0 radical (unpaired) electrons. The lowest BCUT2D eigenvalue weighted by atomic mass is 9.80. The van der Waals surface area contributed by atoms with Crippen LogP contribution in [-0.4, -0.2) is 40.4 Å². The van der Waals surface area contributed by atoms with Crippen LogP contribution in [0.2, 0.25) is 0 Å². The van der Waals surface area contributed by atoms with Crippen molar-refractivity contribution in [3.63, 3.8) is 0 Å². The Bertz CT molecular complexity index is 1220. The number of ether oxygens (including phenoxy) is 1. The Labute approximate surface area is 223 Å². The van der Waals surface area contributed by atoms with E-state index in [0.717, 1.165) is 35.1 Å².